The Morgan fingerprint density at radius 3 is 2.54 bits per heavy atom. The molecule has 2 atom stereocenters. The number of hydrogen-bond donors (Lipinski definition) is 3. The van der Waals surface area contributed by atoms with Crippen LogP contribution in [0.4, 0.5) is 18.0 Å². The molecule has 2 aromatic carbocycles. The molecular formula is C23H20F3N3O6. The van der Waals surface area contributed by atoms with Gasteiger partial charge in [0.25, 0.3) is 5.91 Å². The zero-order valence-corrected chi connectivity index (χ0v) is 18.2. The number of ketones is 1. The van der Waals surface area contributed by atoms with Gasteiger partial charge in [-0.3, -0.25) is 14.4 Å². The molecular weight excluding hydrogens is 471 g/mol. The highest BCUT2D eigenvalue weighted by Crippen LogP contribution is 2.35. The highest BCUT2D eigenvalue weighted by molar-refractivity contribution is 6.14. The van der Waals surface area contributed by atoms with E-state index in [1.807, 2.05) is 0 Å². The zero-order valence-electron chi connectivity index (χ0n) is 18.2. The van der Waals surface area contributed by atoms with Gasteiger partial charge < -0.3 is 25.4 Å². The Bertz CT molecular complexity index is 1180. The first kappa shape index (κ1) is 25.3. The molecule has 9 nitrogen and oxygen atoms in total. The van der Waals surface area contributed by atoms with Crippen LogP contribution >= 0.6 is 0 Å². The lowest BCUT2D eigenvalue weighted by Crippen LogP contribution is -2.55. The van der Waals surface area contributed by atoms with Crippen LogP contribution in [0.5, 0.6) is 5.75 Å². The molecule has 0 fully saturated rings. The number of carbonyl (C=O) groups is 4. The predicted molar refractivity (Wildman–Crippen MR) is 116 cm³/mol. The molecule has 1 unspecified atom stereocenters. The first-order valence-electron chi connectivity index (χ1n) is 10.2. The Hall–Kier alpha value is -4.35. The number of carboxylic acid groups (broad SMARTS) is 1. The quantitative estimate of drug-likeness (QED) is 0.512. The molecule has 0 aromatic heterocycles. The van der Waals surface area contributed by atoms with E-state index in [1.54, 1.807) is 0 Å². The van der Waals surface area contributed by atoms with Crippen molar-refractivity contribution in [1.29, 1.82) is 0 Å². The molecule has 0 spiro atoms. The predicted octanol–water partition coefficient (Wildman–Crippen LogP) is 2.99. The summed E-state index contributed by atoms with van der Waals surface area (Å²) < 4.78 is 42.5. The number of alkyl halides is 3. The summed E-state index contributed by atoms with van der Waals surface area (Å²) >= 11 is 0. The monoisotopic (exact) mass is 491 g/mol. The molecule has 0 saturated heterocycles. The highest BCUT2D eigenvalue weighted by atomic mass is 19.4. The van der Waals surface area contributed by atoms with Gasteiger partial charge in [0.15, 0.2) is 11.8 Å². The second kappa shape index (κ2) is 10.3. The average Bonchev–Trinajstić information content (AvgIpc) is 2.78. The maximum absolute atomic E-state index is 12.8. The number of likely N-dealkylation sites (N-methyl/N-ethyl adjacent to an activating group) is 1. The van der Waals surface area contributed by atoms with Gasteiger partial charge in [0.1, 0.15) is 5.75 Å². The number of nitrogens with one attached hydrogen (secondary N) is 2. The summed E-state index contributed by atoms with van der Waals surface area (Å²) in [5.41, 5.74) is 0.642. The Kier molecular flexibility index (Phi) is 7.43. The van der Waals surface area contributed by atoms with Gasteiger partial charge in [0.05, 0.1) is 12.5 Å². The number of hydrogen-bond acceptors (Lipinski definition) is 5. The number of amides is 3. The van der Waals surface area contributed by atoms with E-state index in [4.69, 9.17) is 0 Å². The van der Waals surface area contributed by atoms with Crippen LogP contribution in [0, 0.1) is 0 Å². The van der Waals surface area contributed by atoms with Crippen molar-refractivity contribution in [3.05, 3.63) is 66.4 Å². The maximum atomic E-state index is 12.8. The number of rotatable bonds is 7. The van der Waals surface area contributed by atoms with Crippen molar-refractivity contribution in [3.8, 4) is 16.9 Å². The van der Waals surface area contributed by atoms with Crippen LogP contribution in [0.25, 0.3) is 11.1 Å². The number of carboxylic acids is 1. The van der Waals surface area contributed by atoms with E-state index in [0.717, 1.165) is 17.0 Å². The summed E-state index contributed by atoms with van der Waals surface area (Å²) in [6.45, 7) is 0. The highest BCUT2D eigenvalue weighted by Gasteiger charge is 2.33. The number of halogens is 3. The molecule has 2 aromatic rings. The molecule has 0 bridgehead atoms. The van der Waals surface area contributed by atoms with Gasteiger partial charge in [0, 0.05) is 24.9 Å². The van der Waals surface area contributed by atoms with Crippen LogP contribution in [0.1, 0.15) is 18.0 Å². The van der Waals surface area contributed by atoms with E-state index in [0.29, 0.717) is 0 Å². The van der Waals surface area contributed by atoms with Gasteiger partial charge in [-0.25, -0.2) is 4.79 Å². The third-order valence-electron chi connectivity index (χ3n) is 5.01. The number of benzene rings is 2. The summed E-state index contributed by atoms with van der Waals surface area (Å²) in [5, 5.41) is 13.9. The van der Waals surface area contributed by atoms with Crippen LogP contribution in [0.3, 0.4) is 0 Å². The molecule has 1 heterocycles. The summed E-state index contributed by atoms with van der Waals surface area (Å²) in [4.78, 5) is 49.2. The van der Waals surface area contributed by atoms with Crippen LogP contribution < -0.4 is 15.4 Å². The molecule has 12 heteroatoms. The number of nitrogens with zero attached hydrogens (tertiary/aromatic N) is 1. The lowest BCUT2D eigenvalue weighted by Gasteiger charge is -2.25. The van der Waals surface area contributed by atoms with Gasteiger partial charge in [-0.1, -0.05) is 36.4 Å². The van der Waals surface area contributed by atoms with Crippen LogP contribution in [0.2, 0.25) is 0 Å². The number of urea groups is 1. The van der Waals surface area contributed by atoms with Gasteiger partial charge in [0.2, 0.25) is 0 Å². The van der Waals surface area contributed by atoms with Crippen molar-refractivity contribution >= 4 is 23.7 Å². The first-order valence-corrected chi connectivity index (χ1v) is 10.2. The van der Waals surface area contributed by atoms with Gasteiger partial charge >= 0.3 is 18.4 Å². The van der Waals surface area contributed by atoms with Gasteiger partial charge in [-0.15, -0.1) is 13.2 Å². The molecule has 1 aliphatic heterocycles. The van der Waals surface area contributed by atoms with Crippen LogP contribution in [-0.4, -0.2) is 53.1 Å². The van der Waals surface area contributed by atoms with Crippen LogP contribution in [0.15, 0.2) is 60.8 Å². The normalized spacial score (nSPS) is 16.6. The number of aliphatic carboxylic acids is 1. The van der Waals surface area contributed by atoms with Gasteiger partial charge in [-0.05, 0) is 23.3 Å². The molecule has 0 saturated carbocycles. The van der Waals surface area contributed by atoms with Crippen molar-refractivity contribution in [1.82, 2.24) is 15.5 Å². The van der Waals surface area contributed by atoms with Crippen molar-refractivity contribution in [2.24, 2.45) is 0 Å². The van der Waals surface area contributed by atoms with E-state index in [2.05, 4.69) is 15.4 Å². The Labute approximate surface area is 197 Å². The van der Waals surface area contributed by atoms with Crippen molar-refractivity contribution in [3.63, 3.8) is 0 Å². The molecule has 0 aliphatic carbocycles. The topological polar surface area (TPSA) is 125 Å². The van der Waals surface area contributed by atoms with Crippen LogP contribution in [-0.2, 0) is 14.4 Å². The lowest BCUT2D eigenvalue weighted by atomic mass is 9.97. The van der Waals surface area contributed by atoms with Crippen molar-refractivity contribution in [2.75, 3.05) is 7.05 Å². The van der Waals surface area contributed by atoms with E-state index in [-0.39, 0.29) is 16.7 Å². The summed E-state index contributed by atoms with van der Waals surface area (Å²) in [6, 6.07) is 7.72. The number of para-hydroxylation sites is 1. The maximum Gasteiger partial charge on any atom is 0.573 e. The fourth-order valence-corrected chi connectivity index (χ4v) is 3.41. The van der Waals surface area contributed by atoms with Crippen molar-refractivity contribution < 1.29 is 42.2 Å². The molecule has 0 radical (unpaired) electrons. The Morgan fingerprint density at radius 1 is 1.14 bits per heavy atom. The standard InChI is InChI=1S/C23H20F3N3O6/c1-29-10-9-17(30)20(21(29)33)28-22(34)27-16(12-19(31)32)14-6-4-5-13(11-14)15-7-2-3-8-18(15)35-23(24,25)26/h2-11,16,20H,12H2,1H3,(H,31,32)(H2,27,28,34)/t16-,20?/m0/s1. The molecule has 3 amide bonds. The fraction of sp³-hybridized carbons (Fsp3) is 0.217. The van der Waals surface area contributed by atoms with Gasteiger partial charge in [-0.2, -0.15) is 0 Å². The molecule has 3 N–H and O–H groups in total. The van der Waals surface area contributed by atoms with E-state index in [1.165, 1.54) is 55.7 Å². The fourth-order valence-electron chi connectivity index (χ4n) is 3.41. The average molecular weight is 491 g/mol. The number of carbonyl (C=O) groups excluding carboxylic acids is 3. The molecule has 3 rings (SSSR count). The molecule has 1 aliphatic rings. The minimum Gasteiger partial charge on any atom is -0.481 e. The molecule has 184 valence electrons. The third kappa shape index (κ3) is 6.59. The summed E-state index contributed by atoms with van der Waals surface area (Å²) in [5.74, 6) is -3.05. The number of ether oxygens (including phenoxy) is 1. The minimum atomic E-state index is -4.92. The zero-order chi connectivity index (χ0) is 25.8. The van der Waals surface area contributed by atoms with E-state index < -0.39 is 54.3 Å². The van der Waals surface area contributed by atoms with Crippen molar-refractivity contribution in [2.45, 2.75) is 24.9 Å². The lowest BCUT2D eigenvalue weighted by molar-refractivity contribution is -0.274. The second-order valence-electron chi connectivity index (χ2n) is 7.54. The smallest absolute Gasteiger partial charge is 0.481 e. The largest absolute Gasteiger partial charge is 0.573 e. The second-order valence-corrected chi connectivity index (χ2v) is 7.54. The Morgan fingerprint density at radius 2 is 1.86 bits per heavy atom. The first-order chi connectivity index (χ1) is 16.4. The SMILES string of the molecule is CN1C=CC(=O)C(NC(=O)N[C@@H](CC(=O)O)c2cccc(-c3ccccc3OC(F)(F)F)c2)C1=O. The van der Waals surface area contributed by atoms with E-state index >= 15 is 0 Å². The summed E-state index contributed by atoms with van der Waals surface area (Å²) in [6.07, 6.45) is -3.13. The Balaban J connectivity index is 1.86. The van der Waals surface area contributed by atoms with E-state index in [9.17, 15) is 37.5 Å². The third-order valence-corrected chi connectivity index (χ3v) is 5.01. The molecule has 35 heavy (non-hydrogen) atoms. The summed E-state index contributed by atoms with van der Waals surface area (Å²) in [7, 11) is 1.40. The minimum absolute atomic E-state index is 0.0958.